The number of amides is 1. The van der Waals surface area contributed by atoms with Gasteiger partial charge >= 0.3 is 6.36 Å². The quantitative estimate of drug-likeness (QED) is 0.454. The lowest BCUT2D eigenvalue weighted by Crippen LogP contribution is -2.17. The van der Waals surface area contributed by atoms with Gasteiger partial charge in [0.05, 0.1) is 11.1 Å². The maximum absolute atomic E-state index is 13.4. The molecule has 4 rings (SSSR count). The number of fused-ring (bicyclic) bond motifs is 1. The number of alkyl halides is 3. The Morgan fingerprint density at radius 3 is 2.76 bits per heavy atom. The molecule has 0 aliphatic carbocycles. The third kappa shape index (κ3) is 4.04. The average molecular weight is 423 g/mol. The molecule has 2 heterocycles. The van der Waals surface area contributed by atoms with Gasteiger partial charge in [-0.2, -0.15) is 0 Å². The van der Waals surface area contributed by atoms with Crippen molar-refractivity contribution in [3.63, 3.8) is 0 Å². The minimum atomic E-state index is -5.03. The molecule has 1 amide bonds. The van der Waals surface area contributed by atoms with Gasteiger partial charge in [0, 0.05) is 17.6 Å². The van der Waals surface area contributed by atoms with Gasteiger partial charge in [-0.1, -0.05) is 6.07 Å². The summed E-state index contributed by atoms with van der Waals surface area (Å²) in [6.07, 6.45) is -3.51. The SMILES string of the molecule is O=C(Nc1nccs1)c1cccc2oc(-c3ccc(F)cc3OC(F)(F)F)nc12. The fourth-order valence-electron chi connectivity index (χ4n) is 2.58. The lowest BCUT2D eigenvalue weighted by Gasteiger charge is -2.11. The molecule has 1 N–H and O–H groups in total. The second-order valence-corrected chi connectivity index (χ2v) is 6.55. The first kappa shape index (κ1) is 18.9. The maximum atomic E-state index is 13.4. The molecule has 0 atom stereocenters. The largest absolute Gasteiger partial charge is 0.573 e. The zero-order valence-corrected chi connectivity index (χ0v) is 15.0. The van der Waals surface area contributed by atoms with Gasteiger partial charge in [-0.05, 0) is 24.3 Å². The fourth-order valence-corrected chi connectivity index (χ4v) is 3.10. The number of hydrogen-bond acceptors (Lipinski definition) is 6. The number of ether oxygens (including phenoxy) is 1. The van der Waals surface area contributed by atoms with Crippen LogP contribution in [0.5, 0.6) is 5.75 Å². The summed E-state index contributed by atoms with van der Waals surface area (Å²) >= 11 is 1.22. The van der Waals surface area contributed by atoms with E-state index in [2.05, 4.69) is 20.0 Å². The molecule has 0 saturated heterocycles. The predicted molar refractivity (Wildman–Crippen MR) is 96.2 cm³/mol. The molecular weight excluding hydrogens is 414 g/mol. The van der Waals surface area contributed by atoms with Gasteiger partial charge in [0.15, 0.2) is 10.7 Å². The van der Waals surface area contributed by atoms with Crippen LogP contribution in [0.1, 0.15) is 10.4 Å². The molecule has 0 saturated carbocycles. The molecule has 0 aliphatic rings. The maximum Gasteiger partial charge on any atom is 0.573 e. The number of hydrogen-bond donors (Lipinski definition) is 1. The third-order valence-electron chi connectivity index (χ3n) is 3.72. The van der Waals surface area contributed by atoms with Crippen LogP contribution in [0.15, 0.2) is 52.4 Å². The molecule has 0 aliphatic heterocycles. The number of nitrogens with one attached hydrogen (secondary N) is 1. The molecule has 0 bridgehead atoms. The summed E-state index contributed by atoms with van der Waals surface area (Å²) < 4.78 is 60.8. The van der Waals surface area contributed by atoms with Crippen LogP contribution in [0.4, 0.5) is 22.7 Å². The van der Waals surface area contributed by atoms with Crippen LogP contribution < -0.4 is 10.1 Å². The Bertz CT molecular complexity index is 1190. The third-order valence-corrected chi connectivity index (χ3v) is 4.40. The van der Waals surface area contributed by atoms with Crippen molar-refractivity contribution in [1.82, 2.24) is 9.97 Å². The standard InChI is InChI=1S/C18H9F4N3O3S/c19-9-4-5-10(13(8-9)28-18(20,21)22)16-24-14-11(2-1-3-12(14)27-16)15(26)25-17-23-6-7-29-17/h1-8H,(H,23,25,26). The van der Waals surface area contributed by atoms with Gasteiger partial charge in [-0.3, -0.25) is 10.1 Å². The molecule has 148 valence electrons. The molecule has 0 fully saturated rings. The Morgan fingerprint density at radius 1 is 1.21 bits per heavy atom. The Hall–Kier alpha value is -3.47. The summed E-state index contributed by atoms with van der Waals surface area (Å²) in [6, 6.07) is 7.09. The van der Waals surface area contributed by atoms with E-state index in [4.69, 9.17) is 4.42 Å². The minimum absolute atomic E-state index is 0.124. The molecular formula is C18H9F4N3O3S. The molecule has 2 aromatic carbocycles. The van der Waals surface area contributed by atoms with Gasteiger partial charge in [0.1, 0.15) is 17.1 Å². The second kappa shape index (κ2) is 7.17. The number of carbonyl (C=O) groups excluding carboxylic acids is 1. The van der Waals surface area contributed by atoms with E-state index in [1.54, 1.807) is 5.38 Å². The molecule has 0 radical (unpaired) electrons. The van der Waals surface area contributed by atoms with Crippen LogP contribution >= 0.6 is 11.3 Å². The summed E-state index contributed by atoms with van der Waals surface area (Å²) in [6.45, 7) is 0. The molecule has 29 heavy (non-hydrogen) atoms. The molecule has 4 aromatic rings. The monoisotopic (exact) mass is 423 g/mol. The number of aromatic nitrogens is 2. The Morgan fingerprint density at radius 2 is 2.03 bits per heavy atom. The van der Waals surface area contributed by atoms with E-state index in [0.717, 1.165) is 12.1 Å². The van der Waals surface area contributed by atoms with Crippen molar-refractivity contribution in [1.29, 1.82) is 0 Å². The van der Waals surface area contributed by atoms with Crippen LogP contribution in [0.3, 0.4) is 0 Å². The van der Waals surface area contributed by atoms with E-state index in [-0.39, 0.29) is 28.1 Å². The molecule has 11 heteroatoms. The molecule has 2 aromatic heterocycles. The van der Waals surface area contributed by atoms with Gasteiger partial charge in [-0.25, -0.2) is 14.4 Å². The van der Waals surface area contributed by atoms with Crippen LogP contribution in [-0.4, -0.2) is 22.2 Å². The lowest BCUT2D eigenvalue weighted by molar-refractivity contribution is -0.274. The van der Waals surface area contributed by atoms with Crippen LogP contribution in [0, 0.1) is 5.82 Å². The Balaban J connectivity index is 1.76. The minimum Gasteiger partial charge on any atom is -0.436 e. The number of halogens is 4. The van der Waals surface area contributed by atoms with E-state index in [0.29, 0.717) is 11.2 Å². The number of para-hydroxylation sites is 1. The van der Waals surface area contributed by atoms with Gasteiger partial charge in [0.25, 0.3) is 5.91 Å². The van der Waals surface area contributed by atoms with Crippen LogP contribution in [0.2, 0.25) is 0 Å². The summed E-state index contributed by atoms with van der Waals surface area (Å²) in [4.78, 5) is 20.6. The highest BCUT2D eigenvalue weighted by molar-refractivity contribution is 7.13. The number of benzene rings is 2. The number of nitrogens with zero attached hydrogens (tertiary/aromatic N) is 2. The molecule has 0 spiro atoms. The van der Waals surface area contributed by atoms with E-state index < -0.39 is 23.8 Å². The second-order valence-electron chi connectivity index (χ2n) is 5.65. The Kier molecular flexibility index (Phi) is 4.66. The highest BCUT2D eigenvalue weighted by atomic mass is 32.1. The van der Waals surface area contributed by atoms with Crippen LogP contribution in [-0.2, 0) is 0 Å². The number of rotatable bonds is 4. The van der Waals surface area contributed by atoms with Gasteiger partial charge < -0.3 is 9.15 Å². The molecule has 6 nitrogen and oxygen atoms in total. The summed E-state index contributed by atoms with van der Waals surface area (Å²) in [5.74, 6) is -2.50. The van der Waals surface area contributed by atoms with Crippen molar-refractivity contribution in [2.75, 3.05) is 5.32 Å². The van der Waals surface area contributed by atoms with Crippen molar-refractivity contribution < 1.29 is 31.5 Å². The van der Waals surface area contributed by atoms with Crippen molar-refractivity contribution in [2.45, 2.75) is 6.36 Å². The predicted octanol–water partition coefficient (Wildman–Crippen LogP) is 5.24. The zero-order chi connectivity index (χ0) is 20.6. The summed E-state index contributed by atoms with van der Waals surface area (Å²) in [5, 5.41) is 4.65. The molecule has 0 unspecified atom stereocenters. The van der Waals surface area contributed by atoms with Gasteiger partial charge in [-0.15, -0.1) is 24.5 Å². The first-order valence-electron chi connectivity index (χ1n) is 7.96. The van der Waals surface area contributed by atoms with Crippen molar-refractivity contribution in [2.24, 2.45) is 0 Å². The fraction of sp³-hybridized carbons (Fsp3) is 0.0556. The van der Waals surface area contributed by atoms with Gasteiger partial charge in [0.2, 0.25) is 5.89 Å². The highest BCUT2D eigenvalue weighted by Crippen LogP contribution is 2.36. The Labute approximate surface area is 163 Å². The van der Waals surface area contributed by atoms with Crippen molar-refractivity contribution in [3.05, 3.63) is 59.4 Å². The zero-order valence-electron chi connectivity index (χ0n) is 14.2. The van der Waals surface area contributed by atoms with Crippen molar-refractivity contribution in [3.8, 4) is 17.2 Å². The van der Waals surface area contributed by atoms with E-state index in [1.807, 2.05) is 0 Å². The summed E-state index contributed by atoms with van der Waals surface area (Å²) in [5.41, 5.74) is 0.201. The smallest absolute Gasteiger partial charge is 0.436 e. The number of anilines is 1. The number of thiazole rings is 1. The first-order chi connectivity index (χ1) is 13.8. The topological polar surface area (TPSA) is 77.2 Å². The summed E-state index contributed by atoms with van der Waals surface area (Å²) in [7, 11) is 0. The van der Waals surface area contributed by atoms with E-state index in [9.17, 15) is 22.4 Å². The van der Waals surface area contributed by atoms with E-state index >= 15 is 0 Å². The highest BCUT2D eigenvalue weighted by Gasteiger charge is 2.33. The average Bonchev–Trinajstić information content (AvgIpc) is 3.29. The number of oxazole rings is 1. The first-order valence-corrected chi connectivity index (χ1v) is 8.84. The van der Waals surface area contributed by atoms with E-state index in [1.165, 1.54) is 35.7 Å². The van der Waals surface area contributed by atoms with Crippen molar-refractivity contribution >= 4 is 33.5 Å². The normalized spacial score (nSPS) is 11.6. The van der Waals surface area contributed by atoms with Crippen LogP contribution in [0.25, 0.3) is 22.6 Å². The number of carbonyl (C=O) groups is 1. The lowest BCUT2D eigenvalue weighted by atomic mass is 10.1.